The Morgan fingerprint density at radius 3 is 2.55 bits per heavy atom. The SMILES string of the molecule is Cc1cccc(C(=O)CN(C)C2CCC(C)(C)CC2)c1. The molecule has 0 spiro atoms. The van der Waals surface area contributed by atoms with E-state index < -0.39 is 0 Å². The molecule has 0 atom stereocenters. The number of likely N-dealkylation sites (N-methyl/N-ethyl adjacent to an activating group) is 1. The van der Waals surface area contributed by atoms with Gasteiger partial charge in [-0.1, -0.05) is 37.6 Å². The fourth-order valence-corrected chi connectivity index (χ4v) is 3.09. The molecule has 0 amide bonds. The van der Waals surface area contributed by atoms with Gasteiger partial charge in [-0.05, 0) is 51.1 Å². The van der Waals surface area contributed by atoms with Gasteiger partial charge in [0.05, 0.1) is 6.54 Å². The van der Waals surface area contributed by atoms with Gasteiger partial charge in [-0.3, -0.25) is 9.69 Å². The Labute approximate surface area is 123 Å². The number of nitrogens with zero attached hydrogens (tertiary/aromatic N) is 1. The zero-order valence-electron chi connectivity index (χ0n) is 13.3. The second-order valence-corrected chi connectivity index (χ2v) is 7.10. The predicted octanol–water partition coefficient (Wildman–Crippen LogP) is 4.08. The van der Waals surface area contributed by atoms with E-state index >= 15 is 0 Å². The van der Waals surface area contributed by atoms with Crippen LogP contribution in [-0.2, 0) is 0 Å². The van der Waals surface area contributed by atoms with E-state index in [4.69, 9.17) is 0 Å². The fraction of sp³-hybridized carbons (Fsp3) is 0.611. The van der Waals surface area contributed by atoms with Gasteiger partial charge >= 0.3 is 0 Å². The zero-order valence-corrected chi connectivity index (χ0v) is 13.3. The van der Waals surface area contributed by atoms with Crippen LogP contribution in [0.1, 0.15) is 55.5 Å². The molecule has 0 aliphatic heterocycles. The summed E-state index contributed by atoms with van der Waals surface area (Å²) in [4.78, 5) is 14.6. The first kappa shape index (κ1) is 15.2. The van der Waals surface area contributed by atoms with Gasteiger partial charge in [-0.25, -0.2) is 0 Å². The van der Waals surface area contributed by atoms with Crippen LogP contribution in [0.25, 0.3) is 0 Å². The van der Waals surface area contributed by atoms with Crippen LogP contribution in [-0.4, -0.2) is 30.3 Å². The molecule has 0 heterocycles. The van der Waals surface area contributed by atoms with Gasteiger partial charge in [0.1, 0.15) is 0 Å². The molecular formula is C18H27NO. The van der Waals surface area contributed by atoms with Crippen molar-refractivity contribution in [3.05, 3.63) is 35.4 Å². The van der Waals surface area contributed by atoms with E-state index in [0.29, 0.717) is 18.0 Å². The summed E-state index contributed by atoms with van der Waals surface area (Å²) in [5.41, 5.74) is 2.48. The molecule has 110 valence electrons. The van der Waals surface area contributed by atoms with Crippen molar-refractivity contribution in [2.24, 2.45) is 5.41 Å². The van der Waals surface area contributed by atoms with E-state index in [1.165, 1.54) is 25.7 Å². The Morgan fingerprint density at radius 1 is 1.30 bits per heavy atom. The van der Waals surface area contributed by atoms with Gasteiger partial charge < -0.3 is 0 Å². The van der Waals surface area contributed by atoms with Gasteiger partial charge in [0, 0.05) is 11.6 Å². The zero-order chi connectivity index (χ0) is 14.8. The minimum absolute atomic E-state index is 0.237. The Morgan fingerprint density at radius 2 is 1.95 bits per heavy atom. The maximum atomic E-state index is 12.3. The number of aryl methyl sites for hydroxylation is 1. The maximum Gasteiger partial charge on any atom is 0.176 e. The van der Waals surface area contributed by atoms with Crippen molar-refractivity contribution in [2.75, 3.05) is 13.6 Å². The first-order valence-corrected chi connectivity index (χ1v) is 7.67. The summed E-state index contributed by atoms with van der Waals surface area (Å²) >= 11 is 0. The largest absolute Gasteiger partial charge is 0.296 e. The summed E-state index contributed by atoms with van der Waals surface area (Å²) in [5.74, 6) is 0.237. The highest BCUT2D eigenvalue weighted by Crippen LogP contribution is 2.36. The standard InChI is InChI=1S/C18H27NO/c1-14-6-5-7-15(12-14)17(20)13-19(4)16-8-10-18(2,3)11-9-16/h5-7,12,16H,8-11,13H2,1-4H3. The van der Waals surface area contributed by atoms with Crippen LogP contribution in [0, 0.1) is 12.3 Å². The lowest BCUT2D eigenvalue weighted by Crippen LogP contribution is -2.39. The molecule has 20 heavy (non-hydrogen) atoms. The summed E-state index contributed by atoms with van der Waals surface area (Å²) in [6.07, 6.45) is 4.95. The number of carbonyl (C=O) groups excluding carboxylic acids is 1. The number of rotatable bonds is 4. The molecule has 2 nitrogen and oxygen atoms in total. The van der Waals surface area contributed by atoms with E-state index in [2.05, 4.69) is 25.8 Å². The molecule has 0 N–H and O–H groups in total. The molecule has 1 aromatic carbocycles. The molecule has 1 aromatic rings. The fourth-order valence-electron chi connectivity index (χ4n) is 3.09. The van der Waals surface area contributed by atoms with E-state index in [1.807, 2.05) is 31.2 Å². The topological polar surface area (TPSA) is 20.3 Å². The number of hydrogen-bond donors (Lipinski definition) is 0. The van der Waals surface area contributed by atoms with Crippen molar-refractivity contribution in [3.8, 4) is 0 Å². The lowest BCUT2D eigenvalue weighted by atomic mass is 9.75. The van der Waals surface area contributed by atoms with Crippen LogP contribution < -0.4 is 0 Å². The molecular weight excluding hydrogens is 246 g/mol. The number of carbonyl (C=O) groups is 1. The average molecular weight is 273 g/mol. The van der Waals surface area contributed by atoms with Crippen LogP contribution in [0.5, 0.6) is 0 Å². The van der Waals surface area contributed by atoms with Crippen LogP contribution in [0.2, 0.25) is 0 Å². The van der Waals surface area contributed by atoms with Gasteiger partial charge in [0.2, 0.25) is 0 Å². The second kappa shape index (κ2) is 6.09. The lowest BCUT2D eigenvalue weighted by molar-refractivity contribution is 0.0851. The van der Waals surface area contributed by atoms with Gasteiger partial charge in [0.15, 0.2) is 5.78 Å². The smallest absolute Gasteiger partial charge is 0.176 e. The monoisotopic (exact) mass is 273 g/mol. The first-order valence-electron chi connectivity index (χ1n) is 7.67. The van der Waals surface area contributed by atoms with E-state index in [9.17, 15) is 4.79 Å². The lowest BCUT2D eigenvalue weighted by Gasteiger charge is -2.38. The third-order valence-corrected chi connectivity index (χ3v) is 4.67. The van der Waals surface area contributed by atoms with Crippen LogP contribution in [0.4, 0.5) is 0 Å². The maximum absolute atomic E-state index is 12.3. The molecule has 1 aliphatic carbocycles. The van der Waals surface area contributed by atoms with Crippen molar-refractivity contribution in [1.29, 1.82) is 0 Å². The van der Waals surface area contributed by atoms with Gasteiger partial charge in [-0.2, -0.15) is 0 Å². The summed E-state index contributed by atoms with van der Waals surface area (Å²) in [6.45, 7) is 7.26. The molecule has 0 radical (unpaired) electrons. The van der Waals surface area contributed by atoms with Crippen molar-refractivity contribution in [2.45, 2.75) is 52.5 Å². The van der Waals surface area contributed by atoms with Gasteiger partial charge in [-0.15, -0.1) is 0 Å². The Bertz CT molecular complexity index is 468. The summed E-state index contributed by atoms with van der Waals surface area (Å²) in [6, 6.07) is 8.47. The van der Waals surface area contributed by atoms with Crippen molar-refractivity contribution >= 4 is 5.78 Å². The average Bonchev–Trinajstić information content (AvgIpc) is 2.38. The molecule has 2 heteroatoms. The van der Waals surface area contributed by atoms with Gasteiger partial charge in [0.25, 0.3) is 0 Å². The highest BCUT2D eigenvalue weighted by atomic mass is 16.1. The third kappa shape index (κ3) is 3.92. The minimum atomic E-state index is 0.237. The van der Waals surface area contributed by atoms with E-state index in [0.717, 1.165) is 11.1 Å². The highest BCUT2D eigenvalue weighted by Gasteiger charge is 2.29. The Hall–Kier alpha value is -1.15. The molecule has 0 aromatic heterocycles. The molecule has 1 aliphatic rings. The van der Waals surface area contributed by atoms with Crippen LogP contribution in [0.15, 0.2) is 24.3 Å². The molecule has 0 unspecified atom stereocenters. The molecule has 1 fully saturated rings. The number of Topliss-reactive ketones (excluding diaryl/α,β-unsaturated/α-hetero) is 1. The molecule has 1 saturated carbocycles. The molecule has 2 rings (SSSR count). The minimum Gasteiger partial charge on any atom is -0.296 e. The number of benzene rings is 1. The first-order chi connectivity index (χ1) is 9.37. The number of ketones is 1. The second-order valence-electron chi connectivity index (χ2n) is 7.10. The van der Waals surface area contributed by atoms with Crippen LogP contribution in [0.3, 0.4) is 0 Å². The molecule has 0 bridgehead atoms. The van der Waals surface area contributed by atoms with Crippen molar-refractivity contribution in [1.82, 2.24) is 4.90 Å². The van der Waals surface area contributed by atoms with E-state index in [1.54, 1.807) is 0 Å². The Kier molecular flexibility index (Phi) is 4.64. The normalized spacial score (nSPS) is 19.2. The number of hydrogen-bond acceptors (Lipinski definition) is 2. The van der Waals surface area contributed by atoms with Crippen LogP contribution >= 0.6 is 0 Å². The quantitative estimate of drug-likeness (QED) is 0.770. The van der Waals surface area contributed by atoms with E-state index in [-0.39, 0.29) is 5.78 Å². The highest BCUT2D eigenvalue weighted by molar-refractivity contribution is 5.97. The predicted molar refractivity (Wildman–Crippen MR) is 84.2 cm³/mol. The van der Waals surface area contributed by atoms with Crippen molar-refractivity contribution < 1.29 is 4.79 Å². The van der Waals surface area contributed by atoms with Crippen molar-refractivity contribution in [3.63, 3.8) is 0 Å². The Balaban J connectivity index is 1.91. The third-order valence-electron chi connectivity index (χ3n) is 4.67. The molecule has 0 saturated heterocycles. The summed E-state index contributed by atoms with van der Waals surface area (Å²) in [7, 11) is 2.09. The summed E-state index contributed by atoms with van der Waals surface area (Å²) < 4.78 is 0. The summed E-state index contributed by atoms with van der Waals surface area (Å²) in [5, 5.41) is 0.